The predicted molar refractivity (Wildman–Crippen MR) is 64.0 cm³/mol. The molecule has 1 heterocycles. The van der Waals surface area contributed by atoms with E-state index in [0.29, 0.717) is 27.3 Å². The molecule has 2 aromatic rings. The van der Waals surface area contributed by atoms with Crippen molar-refractivity contribution in [2.45, 2.75) is 12.3 Å². The number of benzene rings is 1. The molecule has 0 bridgehead atoms. The van der Waals surface area contributed by atoms with Crippen molar-refractivity contribution in [2.75, 3.05) is 0 Å². The molecule has 2 rings (SSSR count). The molecule has 84 valence electrons. The third-order valence-electron chi connectivity index (χ3n) is 1.98. The van der Waals surface area contributed by atoms with Crippen LogP contribution in [0.2, 0.25) is 10.0 Å². The van der Waals surface area contributed by atoms with E-state index >= 15 is 0 Å². The summed E-state index contributed by atoms with van der Waals surface area (Å²) in [5.74, 6) is 0.739. The molecule has 6 heteroatoms. The monoisotopic (exact) mass is 276 g/mol. The summed E-state index contributed by atoms with van der Waals surface area (Å²) in [6.07, 6.45) is 0. The third-order valence-corrected chi connectivity index (χ3v) is 2.99. The average molecular weight is 278 g/mol. The van der Waals surface area contributed by atoms with E-state index in [4.69, 9.17) is 39.3 Å². The summed E-state index contributed by atoms with van der Waals surface area (Å²) >= 11 is 17.7. The molecule has 0 fully saturated rings. The highest BCUT2D eigenvalue weighted by atomic mass is 35.5. The summed E-state index contributed by atoms with van der Waals surface area (Å²) in [6.45, 7) is 1.76. The van der Waals surface area contributed by atoms with E-state index in [1.807, 2.05) is 0 Å². The van der Waals surface area contributed by atoms with Gasteiger partial charge in [0, 0.05) is 0 Å². The van der Waals surface area contributed by atoms with Crippen molar-refractivity contribution in [3.63, 3.8) is 0 Å². The smallest absolute Gasteiger partial charge is 0.259 e. The van der Waals surface area contributed by atoms with Crippen LogP contribution in [-0.4, -0.2) is 10.1 Å². The van der Waals surface area contributed by atoms with Crippen LogP contribution in [0.4, 0.5) is 0 Å². The van der Waals surface area contributed by atoms with Crippen molar-refractivity contribution in [3.8, 4) is 11.5 Å². The van der Waals surface area contributed by atoms with E-state index < -0.39 is 0 Å². The highest BCUT2D eigenvalue weighted by Crippen LogP contribution is 2.33. The van der Waals surface area contributed by atoms with Crippen molar-refractivity contribution in [1.82, 2.24) is 10.1 Å². The molecule has 0 aliphatic carbocycles. The van der Waals surface area contributed by atoms with Gasteiger partial charge in [-0.15, -0.1) is 11.6 Å². The lowest BCUT2D eigenvalue weighted by molar-refractivity contribution is 0.422. The van der Waals surface area contributed by atoms with Gasteiger partial charge in [-0.25, -0.2) is 0 Å². The molecule has 0 N–H and O–H groups in total. The molecule has 0 aliphatic rings. The second-order valence-electron chi connectivity index (χ2n) is 3.18. The SMILES string of the molecule is CC(Cl)c1noc(-c2cccc(Cl)c2Cl)n1. The zero-order valence-electron chi connectivity index (χ0n) is 8.25. The lowest BCUT2D eigenvalue weighted by atomic mass is 10.2. The molecule has 16 heavy (non-hydrogen) atoms. The highest BCUT2D eigenvalue weighted by molar-refractivity contribution is 6.43. The molecule has 1 atom stereocenters. The van der Waals surface area contributed by atoms with Crippen LogP contribution in [0.1, 0.15) is 18.1 Å². The average Bonchev–Trinajstić information content (AvgIpc) is 2.71. The maximum atomic E-state index is 6.02. The molecule has 1 unspecified atom stereocenters. The van der Waals surface area contributed by atoms with E-state index in [9.17, 15) is 0 Å². The Morgan fingerprint density at radius 1 is 1.31 bits per heavy atom. The summed E-state index contributed by atoms with van der Waals surface area (Å²) in [5.41, 5.74) is 0.602. The van der Waals surface area contributed by atoms with Crippen LogP contribution in [0.3, 0.4) is 0 Å². The quantitative estimate of drug-likeness (QED) is 0.766. The first-order valence-electron chi connectivity index (χ1n) is 4.51. The van der Waals surface area contributed by atoms with Crippen LogP contribution in [0.15, 0.2) is 22.7 Å². The number of nitrogens with zero attached hydrogens (tertiary/aromatic N) is 2. The Morgan fingerprint density at radius 2 is 2.06 bits per heavy atom. The Balaban J connectivity index is 2.47. The van der Waals surface area contributed by atoms with Crippen molar-refractivity contribution in [1.29, 1.82) is 0 Å². The van der Waals surface area contributed by atoms with Crippen molar-refractivity contribution in [2.24, 2.45) is 0 Å². The number of hydrogen-bond acceptors (Lipinski definition) is 3. The number of halogens is 3. The van der Waals surface area contributed by atoms with Crippen LogP contribution in [-0.2, 0) is 0 Å². The third kappa shape index (κ3) is 2.17. The second-order valence-corrected chi connectivity index (χ2v) is 4.61. The van der Waals surface area contributed by atoms with E-state index in [2.05, 4.69) is 10.1 Å². The maximum absolute atomic E-state index is 6.02. The van der Waals surface area contributed by atoms with E-state index in [-0.39, 0.29) is 5.38 Å². The van der Waals surface area contributed by atoms with Crippen LogP contribution in [0.25, 0.3) is 11.5 Å². The van der Waals surface area contributed by atoms with E-state index in [0.717, 1.165) is 0 Å². The first-order chi connectivity index (χ1) is 7.59. The van der Waals surface area contributed by atoms with E-state index in [1.165, 1.54) is 0 Å². The Hall–Kier alpha value is -0.770. The van der Waals surface area contributed by atoms with Crippen molar-refractivity contribution < 1.29 is 4.52 Å². The summed E-state index contributed by atoms with van der Waals surface area (Å²) in [5, 5.41) is 4.27. The van der Waals surface area contributed by atoms with Crippen LogP contribution in [0, 0.1) is 0 Å². The van der Waals surface area contributed by atoms with Crippen LogP contribution >= 0.6 is 34.8 Å². The molecule has 0 saturated heterocycles. The molecule has 3 nitrogen and oxygen atoms in total. The number of aromatic nitrogens is 2. The Bertz CT molecular complexity index is 511. The molecule has 0 amide bonds. The van der Waals surface area contributed by atoms with Crippen LogP contribution in [0.5, 0.6) is 0 Å². The first-order valence-corrected chi connectivity index (χ1v) is 5.71. The molecule has 0 saturated carbocycles. The van der Waals surface area contributed by atoms with Gasteiger partial charge in [0.25, 0.3) is 5.89 Å². The molecule has 0 spiro atoms. The van der Waals surface area contributed by atoms with Gasteiger partial charge in [-0.05, 0) is 19.1 Å². The van der Waals surface area contributed by atoms with Crippen molar-refractivity contribution in [3.05, 3.63) is 34.1 Å². The fraction of sp³-hybridized carbons (Fsp3) is 0.200. The molecule has 1 aromatic heterocycles. The molecular weight excluding hydrogens is 270 g/mol. The number of hydrogen-bond donors (Lipinski definition) is 0. The maximum Gasteiger partial charge on any atom is 0.259 e. The van der Waals surface area contributed by atoms with Gasteiger partial charge in [-0.2, -0.15) is 4.98 Å². The zero-order valence-corrected chi connectivity index (χ0v) is 10.5. The van der Waals surface area contributed by atoms with Crippen molar-refractivity contribution >= 4 is 34.8 Å². The Morgan fingerprint density at radius 3 is 2.69 bits per heavy atom. The normalized spacial score (nSPS) is 12.8. The summed E-state index contributed by atoms with van der Waals surface area (Å²) in [7, 11) is 0. The predicted octanol–water partition coefficient (Wildman–Crippen LogP) is 4.34. The van der Waals surface area contributed by atoms with Gasteiger partial charge in [0.15, 0.2) is 5.82 Å². The minimum atomic E-state index is -0.310. The minimum absolute atomic E-state index is 0.310. The second kappa shape index (κ2) is 4.62. The highest BCUT2D eigenvalue weighted by Gasteiger charge is 2.15. The van der Waals surface area contributed by atoms with Gasteiger partial charge in [-0.3, -0.25) is 0 Å². The van der Waals surface area contributed by atoms with Gasteiger partial charge in [0.1, 0.15) is 0 Å². The summed E-state index contributed by atoms with van der Waals surface area (Å²) in [6, 6.07) is 5.21. The minimum Gasteiger partial charge on any atom is -0.334 e. The number of alkyl halides is 1. The molecule has 0 aliphatic heterocycles. The number of rotatable bonds is 2. The van der Waals surface area contributed by atoms with Gasteiger partial charge in [0.2, 0.25) is 0 Å². The van der Waals surface area contributed by atoms with Crippen LogP contribution < -0.4 is 0 Å². The van der Waals surface area contributed by atoms with Gasteiger partial charge >= 0.3 is 0 Å². The lowest BCUT2D eigenvalue weighted by Crippen LogP contribution is -1.87. The Kier molecular flexibility index (Phi) is 3.38. The lowest BCUT2D eigenvalue weighted by Gasteiger charge is -1.99. The summed E-state index contributed by atoms with van der Waals surface area (Å²) < 4.78 is 5.06. The standard InChI is InChI=1S/C10H7Cl3N2O/c1-5(11)9-14-10(16-15-9)6-3-2-4-7(12)8(6)13/h2-5H,1H3. The zero-order chi connectivity index (χ0) is 11.7. The molecule has 0 radical (unpaired) electrons. The summed E-state index contributed by atoms with van der Waals surface area (Å²) in [4.78, 5) is 4.13. The van der Waals surface area contributed by atoms with Gasteiger partial charge in [0.05, 0.1) is 21.0 Å². The van der Waals surface area contributed by atoms with E-state index in [1.54, 1.807) is 25.1 Å². The van der Waals surface area contributed by atoms with Gasteiger partial charge in [-0.1, -0.05) is 34.4 Å². The molecule has 1 aromatic carbocycles. The topological polar surface area (TPSA) is 38.9 Å². The fourth-order valence-corrected chi connectivity index (χ4v) is 1.64. The first kappa shape index (κ1) is 11.7. The van der Waals surface area contributed by atoms with Gasteiger partial charge < -0.3 is 4.52 Å². The Labute approximate surface area is 107 Å². The molecular formula is C10H7Cl3N2O. The largest absolute Gasteiger partial charge is 0.334 e. The fourth-order valence-electron chi connectivity index (χ4n) is 1.17.